The van der Waals surface area contributed by atoms with Crippen LogP contribution in [0.5, 0.6) is 0 Å². The second-order valence-corrected chi connectivity index (χ2v) is 6.93. The van der Waals surface area contributed by atoms with Crippen molar-refractivity contribution in [2.75, 3.05) is 19.6 Å². The smallest absolute Gasteiger partial charge is 0.223 e. The summed E-state index contributed by atoms with van der Waals surface area (Å²) in [7, 11) is 0. The van der Waals surface area contributed by atoms with Gasteiger partial charge in [-0.05, 0) is 32.6 Å². The number of hydrogen-bond acceptors (Lipinski definition) is 2. The first-order valence-electron chi connectivity index (χ1n) is 8.11. The molecule has 1 heterocycles. The lowest BCUT2D eigenvalue weighted by Crippen LogP contribution is -2.59. The van der Waals surface area contributed by atoms with Gasteiger partial charge in [0.2, 0.25) is 5.91 Å². The summed E-state index contributed by atoms with van der Waals surface area (Å²) in [6, 6.07) is 0. The molecule has 19 heavy (non-hydrogen) atoms. The van der Waals surface area contributed by atoms with E-state index in [1.54, 1.807) is 0 Å². The highest BCUT2D eigenvalue weighted by atomic mass is 16.2. The third-order valence-corrected chi connectivity index (χ3v) is 4.83. The summed E-state index contributed by atoms with van der Waals surface area (Å²) < 4.78 is 0. The number of rotatable bonds is 4. The quantitative estimate of drug-likeness (QED) is 0.848. The second kappa shape index (κ2) is 6.74. The van der Waals surface area contributed by atoms with Crippen LogP contribution >= 0.6 is 0 Å². The molecule has 0 unspecified atom stereocenters. The largest absolute Gasteiger partial charge is 0.335 e. The maximum atomic E-state index is 12.4. The molecule has 1 aliphatic carbocycles. The lowest BCUT2D eigenvalue weighted by atomic mass is 9.85. The molecule has 2 aliphatic rings. The molecule has 0 atom stereocenters. The van der Waals surface area contributed by atoms with E-state index in [1.807, 2.05) is 0 Å². The number of nitrogens with zero attached hydrogens (tertiary/aromatic N) is 1. The summed E-state index contributed by atoms with van der Waals surface area (Å²) in [5.74, 6) is 1.26. The van der Waals surface area contributed by atoms with Crippen LogP contribution in [0.3, 0.4) is 0 Å². The summed E-state index contributed by atoms with van der Waals surface area (Å²) in [4.78, 5) is 14.4. The van der Waals surface area contributed by atoms with Crippen molar-refractivity contribution in [2.45, 2.75) is 70.8 Å². The van der Waals surface area contributed by atoms with Crippen LogP contribution in [0.1, 0.15) is 65.2 Å². The first-order valence-corrected chi connectivity index (χ1v) is 8.11. The minimum absolute atomic E-state index is 0.0137. The number of nitrogens with one attached hydrogen (secondary N) is 1. The Kier molecular flexibility index (Phi) is 5.26. The van der Waals surface area contributed by atoms with Crippen molar-refractivity contribution in [3.05, 3.63) is 0 Å². The first-order chi connectivity index (χ1) is 9.09. The third-order valence-electron chi connectivity index (χ3n) is 4.83. The zero-order chi connectivity index (χ0) is 13.7. The maximum Gasteiger partial charge on any atom is 0.223 e. The van der Waals surface area contributed by atoms with Gasteiger partial charge in [-0.1, -0.05) is 32.1 Å². The molecule has 1 aliphatic heterocycles. The Morgan fingerprint density at radius 2 is 2.00 bits per heavy atom. The van der Waals surface area contributed by atoms with Crippen LogP contribution in [0.25, 0.3) is 0 Å². The van der Waals surface area contributed by atoms with Crippen LogP contribution in [-0.4, -0.2) is 36.0 Å². The molecule has 1 saturated heterocycles. The van der Waals surface area contributed by atoms with Gasteiger partial charge in [0.25, 0.3) is 0 Å². The number of carbonyl (C=O) groups is 1. The minimum atomic E-state index is -0.0137. The van der Waals surface area contributed by atoms with Crippen molar-refractivity contribution in [1.82, 2.24) is 10.2 Å². The van der Waals surface area contributed by atoms with Gasteiger partial charge in [0.1, 0.15) is 0 Å². The molecule has 110 valence electrons. The van der Waals surface area contributed by atoms with Crippen LogP contribution in [0.2, 0.25) is 0 Å². The van der Waals surface area contributed by atoms with Crippen LogP contribution in [0.15, 0.2) is 0 Å². The van der Waals surface area contributed by atoms with E-state index in [2.05, 4.69) is 24.1 Å². The molecule has 1 amide bonds. The fourth-order valence-corrected chi connectivity index (χ4v) is 3.60. The van der Waals surface area contributed by atoms with Gasteiger partial charge in [0.15, 0.2) is 0 Å². The van der Waals surface area contributed by atoms with E-state index in [9.17, 15) is 4.79 Å². The highest BCUT2D eigenvalue weighted by Gasteiger charge is 2.32. The van der Waals surface area contributed by atoms with Gasteiger partial charge in [-0.2, -0.15) is 0 Å². The monoisotopic (exact) mass is 266 g/mol. The van der Waals surface area contributed by atoms with Gasteiger partial charge >= 0.3 is 0 Å². The number of piperazine rings is 1. The molecule has 0 bridgehead atoms. The highest BCUT2D eigenvalue weighted by Crippen LogP contribution is 2.28. The Balaban J connectivity index is 1.71. The molecule has 2 fully saturated rings. The summed E-state index contributed by atoms with van der Waals surface area (Å²) in [5.41, 5.74) is -0.0137. The van der Waals surface area contributed by atoms with Gasteiger partial charge in [-0.25, -0.2) is 0 Å². The molecule has 0 aromatic rings. The lowest BCUT2D eigenvalue weighted by molar-refractivity contribution is -0.137. The Morgan fingerprint density at radius 1 is 1.26 bits per heavy atom. The zero-order valence-corrected chi connectivity index (χ0v) is 12.7. The average molecular weight is 266 g/mol. The molecule has 0 radical (unpaired) electrons. The van der Waals surface area contributed by atoms with Crippen molar-refractivity contribution in [1.29, 1.82) is 0 Å². The maximum absolute atomic E-state index is 12.4. The van der Waals surface area contributed by atoms with Crippen LogP contribution in [0.4, 0.5) is 0 Å². The van der Waals surface area contributed by atoms with E-state index in [0.717, 1.165) is 38.4 Å². The molecule has 2 rings (SSSR count). The van der Waals surface area contributed by atoms with Crippen LogP contribution in [-0.2, 0) is 4.79 Å². The topological polar surface area (TPSA) is 32.3 Å². The Morgan fingerprint density at radius 3 is 2.68 bits per heavy atom. The lowest BCUT2D eigenvalue weighted by Gasteiger charge is -2.43. The van der Waals surface area contributed by atoms with Crippen molar-refractivity contribution in [2.24, 2.45) is 5.92 Å². The second-order valence-electron chi connectivity index (χ2n) is 6.93. The van der Waals surface area contributed by atoms with Crippen molar-refractivity contribution in [3.63, 3.8) is 0 Å². The van der Waals surface area contributed by atoms with Gasteiger partial charge < -0.3 is 10.2 Å². The Labute approximate surface area is 118 Å². The van der Waals surface area contributed by atoms with Gasteiger partial charge in [0.05, 0.1) is 0 Å². The summed E-state index contributed by atoms with van der Waals surface area (Å²) in [5, 5.41) is 3.37. The summed E-state index contributed by atoms with van der Waals surface area (Å²) in [6.07, 6.45) is 10.1. The molecule has 0 spiro atoms. The Bertz CT molecular complexity index is 295. The van der Waals surface area contributed by atoms with Crippen molar-refractivity contribution >= 4 is 5.91 Å². The Hall–Kier alpha value is -0.570. The average Bonchev–Trinajstić information content (AvgIpc) is 2.39. The van der Waals surface area contributed by atoms with E-state index in [0.29, 0.717) is 5.91 Å². The molecule has 0 aromatic carbocycles. The van der Waals surface area contributed by atoms with Crippen LogP contribution in [0, 0.1) is 5.92 Å². The molecular formula is C16H30N2O. The number of hydrogen-bond donors (Lipinski definition) is 1. The SMILES string of the molecule is CC1(C)CNCCN1C(=O)CCCC1CCCCC1. The summed E-state index contributed by atoms with van der Waals surface area (Å²) in [6.45, 7) is 7.06. The predicted octanol–water partition coefficient (Wildman–Crippen LogP) is 2.95. The first kappa shape index (κ1) is 14.8. The predicted molar refractivity (Wildman–Crippen MR) is 79.1 cm³/mol. The molecule has 3 heteroatoms. The fourth-order valence-electron chi connectivity index (χ4n) is 3.60. The zero-order valence-electron chi connectivity index (χ0n) is 12.7. The molecule has 3 nitrogen and oxygen atoms in total. The summed E-state index contributed by atoms with van der Waals surface area (Å²) >= 11 is 0. The minimum Gasteiger partial charge on any atom is -0.335 e. The fraction of sp³-hybridized carbons (Fsp3) is 0.938. The van der Waals surface area contributed by atoms with Gasteiger partial charge in [-0.3, -0.25) is 4.79 Å². The molecule has 1 N–H and O–H groups in total. The van der Waals surface area contributed by atoms with Crippen molar-refractivity contribution < 1.29 is 4.79 Å². The van der Waals surface area contributed by atoms with E-state index < -0.39 is 0 Å². The van der Waals surface area contributed by atoms with E-state index >= 15 is 0 Å². The normalized spacial score (nSPS) is 24.4. The van der Waals surface area contributed by atoms with Crippen LogP contribution < -0.4 is 5.32 Å². The van der Waals surface area contributed by atoms with E-state index in [1.165, 1.54) is 38.5 Å². The van der Waals surface area contributed by atoms with Gasteiger partial charge in [-0.15, -0.1) is 0 Å². The van der Waals surface area contributed by atoms with E-state index in [4.69, 9.17) is 0 Å². The molecular weight excluding hydrogens is 236 g/mol. The molecule has 1 saturated carbocycles. The number of carbonyl (C=O) groups excluding carboxylic acids is 1. The number of amides is 1. The van der Waals surface area contributed by atoms with Crippen molar-refractivity contribution in [3.8, 4) is 0 Å². The van der Waals surface area contributed by atoms with E-state index in [-0.39, 0.29) is 5.54 Å². The van der Waals surface area contributed by atoms with Gasteiger partial charge in [0, 0.05) is 31.6 Å². The standard InChI is InChI=1S/C16H30N2O/c1-16(2)13-17-11-12-18(16)15(19)10-6-9-14-7-4-3-5-8-14/h14,17H,3-13H2,1-2H3. The molecule has 0 aromatic heterocycles. The third kappa shape index (κ3) is 4.20. The highest BCUT2D eigenvalue weighted by molar-refractivity contribution is 5.77.